The molecule has 2 N–H and O–H groups in total. The van der Waals surface area contributed by atoms with Gasteiger partial charge in [-0.2, -0.15) is 0 Å². The van der Waals surface area contributed by atoms with Crippen molar-refractivity contribution in [3.8, 4) is 0 Å². The van der Waals surface area contributed by atoms with E-state index in [0.717, 1.165) is 10.9 Å². The van der Waals surface area contributed by atoms with Crippen molar-refractivity contribution < 1.29 is 8.42 Å². The molecule has 1 aromatic heterocycles. The summed E-state index contributed by atoms with van der Waals surface area (Å²) in [6.45, 7) is 1.69. The van der Waals surface area contributed by atoms with E-state index in [2.05, 4.69) is 9.71 Å². The molecule has 0 saturated heterocycles. The molecule has 0 aliphatic heterocycles. The van der Waals surface area contributed by atoms with Gasteiger partial charge in [0.05, 0.1) is 10.6 Å². The molecule has 6 heteroatoms. The van der Waals surface area contributed by atoms with Crippen molar-refractivity contribution in [2.75, 3.05) is 4.72 Å². The van der Waals surface area contributed by atoms with E-state index in [4.69, 9.17) is 11.6 Å². The predicted molar refractivity (Wildman–Crippen MR) is 85.3 cm³/mol. The van der Waals surface area contributed by atoms with E-state index < -0.39 is 10.0 Å². The number of anilines is 1. The quantitative estimate of drug-likeness (QED) is 0.768. The van der Waals surface area contributed by atoms with Gasteiger partial charge in [-0.15, -0.1) is 0 Å². The number of aromatic nitrogens is 1. The summed E-state index contributed by atoms with van der Waals surface area (Å²) >= 11 is 6.00. The third-order valence-electron chi connectivity index (χ3n) is 3.35. The minimum atomic E-state index is -3.68. The van der Waals surface area contributed by atoms with Gasteiger partial charge in [0.2, 0.25) is 0 Å². The first-order valence-electron chi connectivity index (χ1n) is 6.33. The van der Waals surface area contributed by atoms with Gasteiger partial charge in [0.25, 0.3) is 10.0 Å². The second-order valence-electron chi connectivity index (χ2n) is 4.71. The topological polar surface area (TPSA) is 62.0 Å². The van der Waals surface area contributed by atoms with Crippen LogP contribution in [0.2, 0.25) is 5.02 Å². The summed E-state index contributed by atoms with van der Waals surface area (Å²) in [7, 11) is -3.68. The summed E-state index contributed by atoms with van der Waals surface area (Å²) in [5.74, 6) is 0. The summed E-state index contributed by atoms with van der Waals surface area (Å²) in [6.07, 6.45) is 1.77. The number of hydrogen-bond acceptors (Lipinski definition) is 2. The standard InChI is InChI=1S/C15H13ClN2O2S/c1-10-12(16)4-2-7-15(10)21(19,20)18-14-6-3-5-13-11(14)8-9-17-13/h2-9,17-18H,1H3. The van der Waals surface area contributed by atoms with Crippen LogP contribution in [0.1, 0.15) is 5.56 Å². The van der Waals surface area contributed by atoms with E-state index >= 15 is 0 Å². The summed E-state index contributed by atoms with van der Waals surface area (Å²) in [5.41, 5.74) is 1.94. The zero-order valence-electron chi connectivity index (χ0n) is 11.2. The molecule has 0 atom stereocenters. The molecule has 0 spiro atoms. The van der Waals surface area contributed by atoms with E-state index in [1.54, 1.807) is 43.5 Å². The van der Waals surface area contributed by atoms with Crippen LogP contribution < -0.4 is 4.72 Å². The first kappa shape index (κ1) is 14.0. The molecule has 0 unspecified atom stereocenters. The van der Waals surface area contributed by atoms with E-state index in [-0.39, 0.29) is 4.90 Å². The molecular weight excluding hydrogens is 308 g/mol. The number of aromatic amines is 1. The van der Waals surface area contributed by atoms with Crippen LogP contribution in [0.25, 0.3) is 10.9 Å². The molecule has 21 heavy (non-hydrogen) atoms. The Morgan fingerprint density at radius 2 is 1.86 bits per heavy atom. The van der Waals surface area contributed by atoms with Crippen LogP contribution in [0.5, 0.6) is 0 Å². The summed E-state index contributed by atoms with van der Waals surface area (Å²) in [5, 5.41) is 1.25. The van der Waals surface area contributed by atoms with Crippen LogP contribution in [-0.4, -0.2) is 13.4 Å². The molecule has 0 fully saturated rings. The zero-order valence-corrected chi connectivity index (χ0v) is 12.8. The fourth-order valence-corrected chi connectivity index (χ4v) is 3.83. The largest absolute Gasteiger partial charge is 0.361 e. The Balaban J connectivity index is 2.08. The maximum atomic E-state index is 12.6. The Hall–Kier alpha value is -1.98. The number of fused-ring (bicyclic) bond motifs is 1. The van der Waals surface area contributed by atoms with Gasteiger partial charge in [-0.05, 0) is 42.8 Å². The van der Waals surface area contributed by atoms with Gasteiger partial charge in [-0.25, -0.2) is 8.42 Å². The van der Waals surface area contributed by atoms with Crippen molar-refractivity contribution in [1.29, 1.82) is 0 Å². The number of H-pyrrole nitrogens is 1. The fourth-order valence-electron chi connectivity index (χ4n) is 2.25. The van der Waals surface area contributed by atoms with Crippen LogP contribution in [-0.2, 0) is 10.0 Å². The lowest BCUT2D eigenvalue weighted by Crippen LogP contribution is -2.14. The molecule has 4 nitrogen and oxygen atoms in total. The number of halogens is 1. The van der Waals surface area contributed by atoms with Gasteiger partial charge in [0.15, 0.2) is 0 Å². The maximum Gasteiger partial charge on any atom is 0.262 e. The SMILES string of the molecule is Cc1c(Cl)cccc1S(=O)(=O)Nc1cccc2[nH]ccc12. The average molecular weight is 321 g/mol. The van der Waals surface area contributed by atoms with Crippen molar-refractivity contribution in [2.24, 2.45) is 0 Å². The summed E-state index contributed by atoms with van der Waals surface area (Å²) < 4.78 is 27.7. The van der Waals surface area contributed by atoms with Gasteiger partial charge in [-0.3, -0.25) is 4.72 Å². The van der Waals surface area contributed by atoms with Gasteiger partial charge in [0, 0.05) is 22.1 Å². The van der Waals surface area contributed by atoms with Gasteiger partial charge in [-0.1, -0.05) is 23.7 Å². The third kappa shape index (κ3) is 2.50. The molecule has 2 aromatic carbocycles. The number of nitrogens with one attached hydrogen (secondary N) is 2. The number of hydrogen-bond donors (Lipinski definition) is 2. The Morgan fingerprint density at radius 3 is 2.67 bits per heavy atom. The summed E-state index contributed by atoms with van der Waals surface area (Å²) in [6, 6.07) is 12.1. The molecule has 0 aliphatic carbocycles. The molecule has 0 aliphatic rings. The smallest absolute Gasteiger partial charge is 0.262 e. The monoisotopic (exact) mass is 320 g/mol. The van der Waals surface area contributed by atoms with E-state index in [9.17, 15) is 8.42 Å². The Labute approximate surface area is 127 Å². The van der Waals surface area contributed by atoms with Crippen molar-refractivity contribution in [2.45, 2.75) is 11.8 Å². The number of rotatable bonds is 3. The maximum absolute atomic E-state index is 12.6. The van der Waals surface area contributed by atoms with Gasteiger partial charge < -0.3 is 4.98 Å². The average Bonchev–Trinajstić information content (AvgIpc) is 2.91. The Kier molecular flexibility index (Phi) is 3.39. The lowest BCUT2D eigenvalue weighted by atomic mass is 10.2. The van der Waals surface area contributed by atoms with Crippen molar-refractivity contribution in [3.05, 3.63) is 59.2 Å². The second kappa shape index (κ2) is 5.09. The van der Waals surface area contributed by atoms with E-state index in [0.29, 0.717) is 16.3 Å². The lowest BCUT2D eigenvalue weighted by molar-refractivity contribution is 0.600. The van der Waals surface area contributed by atoms with Crippen molar-refractivity contribution >= 4 is 38.2 Å². The normalized spacial score (nSPS) is 11.7. The minimum absolute atomic E-state index is 0.183. The minimum Gasteiger partial charge on any atom is -0.361 e. The van der Waals surface area contributed by atoms with Crippen LogP contribution in [0, 0.1) is 6.92 Å². The Bertz CT molecular complexity index is 916. The zero-order chi connectivity index (χ0) is 15.0. The Morgan fingerprint density at radius 1 is 1.10 bits per heavy atom. The predicted octanol–water partition coefficient (Wildman–Crippen LogP) is 3.93. The van der Waals surface area contributed by atoms with Crippen molar-refractivity contribution in [3.63, 3.8) is 0 Å². The third-order valence-corrected chi connectivity index (χ3v) is 5.27. The number of benzene rings is 2. The number of sulfonamides is 1. The molecule has 0 bridgehead atoms. The molecule has 108 valence electrons. The van der Waals surface area contributed by atoms with Crippen LogP contribution >= 0.6 is 11.6 Å². The molecule has 3 rings (SSSR count). The van der Waals surface area contributed by atoms with Gasteiger partial charge in [0.1, 0.15) is 0 Å². The van der Waals surface area contributed by atoms with E-state index in [1.165, 1.54) is 0 Å². The summed E-state index contributed by atoms with van der Waals surface area (Å²) in [4.78, 5) is 3.23. The highest BCUT2D eigenvalue weighted by Gasteiger charge is 2.19. The first-order valence-corrected chi connectivity index (χ1v) is 8.19. The molecule has 3 aromatic rings. The molecule has 0 radical (unpaired) electrons. The van der Waals surface area contributed by atoms with Crippen molar-refractivity contribution in [1.82, 2.24) is 4.98 Å². The molecule has 0 amide bonds. The van der Waals surface area contributed by atoms with Crippen LogP contribution in [0.3, 0.4) is 0 Å². The highest BCUT2D eigenvalue weighted by atomic mass is 35.5. The van der Waals surface area contributed by atoms with Gasteiger partial charge >= 0.3 is 0 Å². The molecular formula is C15H13ClN2O2S. The van der Waals surface area contributed by atoms with Crippen LogP contribution in [0.4, 0.5) is 5.69 Å². The molecule has 0 saturated carbocycles. The first-order chi connectivity index (χ1) is 9.99. The highest BCUT2D eigenvalue weighted by molar-refractivity contribution is 7.92. The molecule has 1 heterocycles. The van der Waals surface area contributed by atoms with E-state index in [1.807, 2.05) is 12.1 Å². The second-order valence-corrected chi connectivity index (χ2v) is 6.77. The highest BCUT2D eigenvalue weighted by Crippen LogP contribution is 2.28. The fraction of sp³-hybridized carbons (Fsp3) is 0.0667. The van der Waals surface area contributed by atoms with Crippen LogP contribution in [0.15, 0.2) is 53.6 Å². The lowest BCUT2D eigenvalue weighted by Gasteiger charge is -2.12.